The van der Waals surface area contributed by atoms with Crippen LogP contribution in [0.3, 0.4) is 0 Å². The third-order valence-corrected chi connectivity index (χ3v) is 5.55. The molecule has 2 heteroatoms. The first-order chi connectivity index (χ1) is 11.7. The second kappa shape index (κ2) is 8.41. The first-order valence-electron chi connectivity index (χ1n) is 9.64. The molecule has 1 aliphatic rings. The Morgan fingerprint density at radius 3 is 2.08 bits per heavy atom. The van der Waals surface area contributed by atoms with E-state index in [0.29, 0.717) is 0 Å². The van der Waals surface area contributed by atoms with Crippen molar-refractivity contribution >= 4 is 0 Å². The van der Waals surface area contributed by atoms with Crippen LogP contribution in [-0.2, 0) is 6.42 Å². The van der Waals surface area contributed by atoms with E-state index in [4.69, 9.17) is 0 Å². The monoisotopic (exact) mass is 322 g/mol. The van der Waals surface area contributed by atoms with Crippen molar-refractivity contribution in [2.75, 3.05) is 0 Å². The maximum atomic E-state index is 4.27. The maximum Gasteiger partial charge on any atom is 0.0929 e. The molecule has 0 bridgehead atoms. The lowest BCUT2D eigenvalue weighted by molar-refractivity contribution is 0.252. The standard InChI is InChI=1S/C22H30N2/c1-3-4-18-6-8-19(9-7-18)10-11-20-12-14-21(15-13-20)22-16-5-17(2)23-24-22/h5,12-16,18-19H,3-4,6-11H2,1-2H3. The summed E-state index contributed by atoms with van der Waals surface area (Å²) in [7, 11) is 0. The number of rotatable bonds is 6. The molecule has 1 aromatic carbocycles. The summed E-state index contributed by atoms with van der Waals surface area (Å²) in [6, 6.07) is 13.0. The molecule has 0 N–H and O–H groups in total. The number of benzene rings is 1. The molecular formula is C22H30N2. The van der Waals surface area contributed by atoms with Gasteiger partial charge in [-0.1, -0.05) is 69.7 Å². The highest BCUT2D eigenvalue weighted by Gasteiger charge is 2.20. The minimum absolute atomic E-state index is 0.945. The zero-order valence-electron chi connectivity index (χ0n) is 15.2. The topological polar surface area (TPSA) is 25.8 Å². The van der Waals surface area contributed by atoms with Gasteiger partial charge in [-0.2, -0.15) is 10.2 Å². The second-order valence-electron chi connectivity index (χ2n) is 7.47. The third kappa shape index (κ3) is 4.66. The zero-order chi connectivity index (χ0) is 16.8. The fourth-order valence-corrected chi connectivity index (χ4v) is 3.98. The van der Waals surface area contributed by atoms with E-state index in [-0.39, 0.29) is 0 Å². The van der Waals surface area contributed by atoms with Gasteiger partial charge < -0.3 is 0 Å². The summed E-state index contributed by atoms with van der Waals surface area (Å²) in [5.74, 6) is 1.96. The number of hydrogen-bond acceptors (Lipinski definition) is 2. The van der Waals surface area contributed by atoms with Crippen LogP contribution in [0.25, 0.3) is 11.3 Å². The van der Waals surface area contributed by atoms with Gasteiger partial charge in [0, 0.05) is 5.56 Å². The quantitative estimate of drug-likeness (QED) is 0.652. The average Bonchev–Trinajstić information content (AvgIpc) is 2.63. The van der Waals surface area contributed by atoms with Crippen LogP contribution >= 0.6 is 0 Å². The van der Waals surface area contributed by atoms with Crippen molar-refractivity contribution in [1.82, 2.24) is 10.2 Å². The van der Waals surface area contributed by atoms with Crippen molar-refractivity contribution in [2.45, 2.75) is 65.2 Å². The molecular weight excluding hydrogens is 292 g/mol. The molecule has 1 fully saturated rings. The van der Waals surface area contributed by atoms with E-state index in [9.17, 15) is 0 Å². The molecule has 1 saturated carbocycles. The molecule has 24 heavy (non-hydrogen) atoms. The molecule has 0 unspecified atom stereocenters. The number of hydrogen-bond donors (Lipinski definition) is 0. The van der Waals surface area contributed by atoms with E-state index in [1.807, 2.05) is 19.1 Å². The molecule has 0 amide bonds. The van der Waals surface area contributed by atoms with Gasteiger partial charge in [0.25, 0.3) is 0 Å². The Labute approximate surface area is 146 Å². The van der Waals surface area contributed by atoms with Gasteiger partial charge in [-0.3, -0.25) is 0 Å². The second-order valence-corrected chi connectivity index (χ2v) is 7.47. The van der Waals surface area contributed by atoms with Crippen molar-refractivity contribution in [3.05, 3.63) is 47.7 Å². The Balaban J connectivity index is 1.49. The molecule has 1 heterocycles. The van der Waals surface area contributed by atoms with E-state index in [1.165, 1.54) is 56.9 Å². The summed E-state index contributed by atoms with van der Waals surface area (Å²) in [4.78, 5) is 0. The molecule has 1 aliphatic carbocycles. The Morgan fingerprint density at radius 1 is 0.833 bits per heavy atom. The van der Waals surface area contributed by atoms with Gasteiger partial charge in [-0.25, -0.2) is 0 Å². The number of aryl methyl sites for hydroxylation is 2. The molecule has 3 rings (SSSR count). The molecule has 0 atom stereocenters. The molecule has 2 nitrogen and oxygen atoms in total. The van der Waals surface area contributed by atoms with Gasteiger partial charge in [0.1, 0.15) is 0 Å². The van der Waals surface area contributed by atoms with E-state index in [0.717, 1.165) is 28.8 Å². The van der Waals surface area contributed by atoms with E-state index >= 15 is 0 Å². The highest BCUT2D eigenvalue weighted by molar-refractivity contribution is 5.58. The summed E-state index contributed by atoms with van der Waals surface area (Å²) >= 11 is 0. The summed E-state index contributed by atoms with van der Waals surface area (Å²) in [6.07, 6.45) is 11.2. The van der Waals surface area contributed by atoms with Crippen LogP contribution in [0.5, 0.6) is 0 Å². The molecule has 0 radical (unpaired) electrons. The third-order valence-electron chi connectivity index (χ3n) is 5.55. The predicted molar refractivity (Wildman–Crippen MR) is 101 cm³/mol. The number of nitrogens with zero attached hydrogens (tertiary/aromatic N) is 2. The van der Waals surface area contributed by atoms with E-state index in [2.05, 4.69) is 41.4 Å². The zero-order valence-corrected chi connectivity index (χ0v) is 15.2. The molecule has 128 valence electrons. The van der Waals surface area contributed by atoms with Crippen LogP contribution < -0.4 is 0 Å². The summed E-state index contributed by atoms with van der Waals surface area (Å²) in [5, 5.41) is 8.41. The fraction of sp³-hybridized carbons (Fsp3) is 0.545. The number of aromatic nitrogens is 2. The first-order valence-corrected chi connectivity index (χ1v) is 9.64. The summed E-state index contributed by atoms with van der Waals surface area (Å²) in [5.41, 5.74) is 4.53. The minimum Gasteiger partial charge on any atom is -0.155 e. The smallest absolute Gasteiger partial charge is 0.0929 e. The Bertz CT molecular complexity index is 607. The van der Waals surface area contributed by atoms with Crippen LogP contribution in [0.1, 0.15) is 63.1 Å². The van der Waals surface area contributed by atoms with Crippen LogP contribution in [0.4, 0.5) is 0 Å². The van der Waals surface area contributed by atoms with Crippen molar-refractivity contribution in [1.29, 1.82) is 0 Å². The van der Waals surface area contributed by atoms with E-state index < -0.39 is 0 Å². The average molecular weight is 322 g/mol. The van der Waals surface area contributed by atoms with Crippen LogP contribution in [0, 0.1) is 18.8 Å². The molecule has 0 spiro atoms. The lowest BCUT2D eigenvalue weighted by Gasteiger charge is -2.28. The predicted octanol–water partition coefficient (Wildman–Crippen LogP) is 5.99. The molecule has 1 aromatic heterocycles. The lowest BCUT2D eigenvalue weighted by atomic mass is 9.78. The Hall–Kier alpha value is -1.70. The van der Waals surface area contributed by atoms with Crippen molar-refractivity contribution in [2.24, 2.45) is 11.8 Å². The fourth-order valence-electron chi connectivity index (χ4n) is 3.98. The minimum atomic E-state index is 0.945. The van der Waals surface area contributed by atoms with Crippen LogP contribution in [0.2, 0.25) is 0 Å². The van der Waals surface area contributed by atoms with Gasteiger partial charge in [-0.05, 0) is 49.3 Å². The molecule has 0 saturated heterocycles. The summed E-state index contributed by atoms with van der Waals surface area (Å²) in [6.45, 7) is 4.29. The normalized spacial score (nSPS) is 20.9. The van der Waals surface area contributed by atoms with Crippen LogP contribution in [0.15, 0.2) is 36.4 Å². The van der Waals surface area contributed by atoms with Gasteiger partial charge in [0.2, 0.25) is 0 Å². The lowest BCUT2D eigenvalue weighted by Crippen LogP contribution is -2.15. The molecule has 2 aromatic rings. The van der Waals surface area contributed by atoms with Gasteiger partial charge >= 0.3 is 0 Å². The highest BCUT2D eigenvalue weighted by atomic mass is 15.1. The Kier molecular flexibility index (Phi) is 6.01. The van der Waals surface area contributed by atoms with Gasteiger partial charge in [-0.15, -0.1) is 0 Å². The van der Waals surface area contributed by atoms with E-state index in [1.54, 1.807) is 0 Å². The SMILES string of the molecule is CCCC1CCC(CCc2ccc(-c3ccc(C)nn3)cc2)CC1. The van der Waals surface area contributed by atoms with Crippen molar-refractivity contribution in [3.8, 4) is 11.3 Å². The van der Waals surface area contributed by atoms with Crippen molar-refractivity contribution in [3.63, 3.8) is 0 Å². The largest absolute Gasteiger partial charge is 0.155 e. The molecule has 0 aliphatic heterocycles. The van der Waals surface area contributed by atoms with Crippen LogP contribution in [-0.4, -0.2) is 10.2 Å². The maximum absolute atomic E-state index is 4.27. The van der Waals surface area contributed by atoms with Gasteiger partial charge in [0.15, 0.2) is 0 Å². The Morgan fingerprint density at radius 2 is 1.50 bits per heavy atom. The van der Waals surface area contributed by atoms with Gasteiger partial charge in [0.05, 0.1) is 11.4 Å². The first kappa shape index (κ1) is 17.1. The van der Waals surface area contributed by atoms with Crippen molar-refractivity contribution < 1.29 is 0 Å². The highest BCUT2D eigenvalue weighted by Crippen LogP contribution is 2.33. The summed E-state index contributed by atoms with van der Waals surface area (Å²) < 4.78 is 0.